The third-order valence-corrected chi connectivity index (χ3v) is 6.20. The molecule has 2 heterocycles. The first-order chi connectivity index (χ1) is 15.4. The molecule has 2 aromatic rings. The van der Waals surface area contributed by atoms with Crippen LogP contribution in [0.15, 0.2) is 29.6 Å². The van der Waals surface area contributed by atoms with Crippen LogP contribution in [0.1, 0.15) is 37.9 Å². The lowest BCUT2D eigenvalue weighted by molar-refractivity contribution is -0.131. The second-order valence-electron chi connectivity index (χ2n) is 8.18. The third-order valence-electron chi connectivity index (χ3n) is 5.39. The molecule has 3 amide bonds. The number of hydrogen-bond acceptors (Lipinski definition) is 6. The molecular weight excluding hydrogens is 428 g/mol. The highest BCUT2D eigenvalue weighted by molar-refractivity contribution is 7.13. The van der Waals surface area contributed by atoms with Crippen LogP contribution in [-0.4, -0.2) is 53.8 Å². The number of nitrogens with one attached hydrogen (secondary N) is 2. The number of thiazole rings is 1. The number of carbonyl (C=O) groups is 3. The molecule has 3 rings (SSSR count). The van der Waals surface area contributed by atoms with Crippen LogP contribution in [0.25, 0.3) is 0 Å². The van der Waals surface area contributed by atoms with Crippen LogP contribution in [0.4, 0.5) is 5.13 Å². The second-order valence-corrected chi connectivity index (χ2v) is 9.03. The largest absolute Gasteiger partial charge is 0.496 e. The molecule has 8 nitrogen and oxygen atoms in total. The van der Waals surface area contributed by atoms with Crippen molar-refractivity contribution in [2.45, 2.75) is 45.6 Å². The lowest BCUT2D eigenvalue weighted by Gasteiger charge is -2.32. The molecular formula is C23H30N4O4S. The lowest BCUT2D eigenvalue weighted by atomic mass is 10.0. The summed E-state index contributed by atoms with van der Waals surface area (Å²) in [6.45, 7) is 4.85. The summed E-state index contributed by atoms with van der Waals surface area (Å²) in [4.78, 5) is 43.0. The summed E-state index contributed by atoms with van der Waals surface area (Å²) in [5, 5.41) is 8.09. The average Bonchev–Trinajstić information content (AvgIpc) is 3.20. The number of aromatic nitrogens is 1. The number of likely N-dealkylation sites (tertiary alicyclic amines) is 1. The minimum atomic E-state index is -0.127. The molecule has 1 aliphatic rings. The van der Waals surface area contributed by atoms with Gasteiger partial charge >= 0.3 is 0 Å². The van der Waals surface area contributed by atoms with E-state index in [4.69, 9.17) is 4.74 Å². The standard InChI is InChI=1S/C23H30N4O4S/c1-15(2)22(30)26-23-25-18(14-32-23)13-20(28)24-17-8-10-27(11-9-17)21(29)12-16-6-4-5-7-19(16)31-3/h4-7,14-15,17H,8-13H2,1-3H3,(H,24,28)(H,25,26,30). The number of rotatable bonds is 8. The van der Waals surface area contributed by atoms with Crippen molar-refractivity contribution in [3.8, 4) is 5.75 Å². The molecule has 0 aliphatic carbocycles. The first kappa shape index (κ1) is 23.7. The number of hydrogen-bond donors (Lipinski definition) is 2. The first-order valence-electron chi connectivity index (χ1n) is 10.8. The molecule has 0 bridgehead atoms. The Morgan fingerprint density at radius 3 is 2.59 bits per heavy atom. The SMILES string of the molecule is COc1ccccc1CC(=O)N1CCC(NC(=O)Cc2csc(NC(=O)C(C)C)n2)CC1. The van der Waals surface area contributed by atoms with Crippen molar-refractivity contribution in [3.05, 3.63) is 40.9 Å². The van der Waals surface area contributed by atoms with Crippen molar-refractivity contribution in [2.24, 2.45) is 5.92 Å². The summed E-state index contributed by atoms with van der Waals surface area (Å²) in [5.74, 6) is 0.464. The molecule has 32 heavy (non-hydrogen) atoms. The van der Waals surface area contributed by atoms with Gasteiger partial charge in [0.2, 0.25) is 17.7 Å². The van der Waals surface area contributed by atoms with Crippen LogP contribution < -0.4 is 15.4 Å². The van der Waals surface area contributed by atoms with E-state index in [2.05, 4.69) is 15.6 Å². The highest BCUT2D eigenvalue weighted by Crippen LogP contribution is 2.20. The Hall–Kier alpha value is -2.94. The van der Waals surface area contributed by atoms with Crippen molar-refractivity contribution in [2.75, 3.05) is 25.5 Å². The number of nitrogens with zero attached hydrogens (tertiary/aromatic N) is 2. The fourth-order valence-electron chi connectivity index (χ4n) is 3.54. The number of methoxy groups -OCH3 is 1. The highest BCUT2D eigenvalue weighted by Gasteiger charge is 2.24. The van der Waals surface area contributed by atoms with Gasteiger partial charge in [-0.2, -0.15) is 0 Å². The van der Waals surface area contributed by atoms with Gasteiger partial charge in [0.25, 0.3) is 0 Å². The summed E-state index contributed by atoms with van der Waals surface area (Å²) < 4.78 is 5.33. The van der Waals surface area contributed by atoms with Crippen molar-refractivity contribution in [1.82, 2.24) is 15.2 Å². The zero-order chi connectivity index (χ0) is 23.1. The van der Waals surface area contributed by atoms with Gasteiger partial charge in [0, 0.05) is 36.0 Å². The maximum absolute atomic E-state index is 12.7. The Morgan fingerprint density at radius 2 is 1.91 bits per heavy atom. The summed E-state index contributed by atoms with van der Waals surface area (Å²) >= 11 is 1.31. The third kappa shape index (κ3) is 6.53. The summed E-state index contributed by atoms with van der Waals surface area (Å²) in [5.41, 5.74) is 1.51. The van der Waals surface area contributed by atoms with E-state index in [1.54, 1.807) is 12.5 Å². The fourth-order valence-corrected chi connectivity index (χ4v) is 4.25. The summed E-state index contributed by atoms with van der Waals surface area (Å²) in [6, 6.07) is 7.58. The van der Waals surface area contributed by atoms with E-state index in [9.17, 15) is 14.4 Å². The number of para-hydroxylation sites is 1. The molecule has 0 atom stereocenters. The summed E-state index contributed by atoms with van der Waals surface area (Å²) in [6.07, 6.45) is 1.91. The second kappa shape index (κ2) is 11.1. The van der Waals surface area contributed by atoms with Gasteiger partial charge in [-0.3, -0.25) is 14.4 Å². The molecule has 0 unspecified atom stereocenters. The number of carbonyl (C=O) groups excluding carboxylic acids is 3. The minimum absolute atomic E-state index is 0.0385. The van der Waals surface area contributed by atoms with Gasteiger partial charge in [0.05, 0.1) is 25.6 Å². The number of ether oxygens (including phenoxy) is 1. The Morgan fingerprint density at radius 1 is 1.19 bits per heavy atom. The normalized spacial score (nSPS) is 14.3. The molecule has 172 valence electrons. The van der Waals surface area contributed by atoms with Crippen LogP contribution in [0, 0.1) is 5.92 Å². The molecule has 1 aromatic heterocycles. The maximum atomic E-state index is 12.7. The van der Waals surface area contributed by atoms with E-state index >= 15 is 0 Å². The monoisotopic (exact) mass is 458 g/mol. The zero-order valence-electron chi connectivity index (χ0n) is 18.7. The van der Waals surface area contributed by atoms with Gasteiger partial charge in [-0.25, -0.2) is 4.98 Å². The van der Waals surface area contributed by atoms with Crippen molar-refractivity contribution >= 4 is 34.2 Å². The van der Waals surface area contributed by atoms with Crippen molar-refractivity contribution in [1.29, 1.82) is 0 Å². The molecule has 2 N–H and O–H groups in total. The smallest absolute Gasteiger partial charge is 0.228 e. The summed E-state index contributed by atoms with van der Waals surface area (Å²) in [7, 11) is 1.60. The number of benzene rings is 1. The van der Waals surface area contributed by atoms with Crippen LogP contribution >= 0.6 is 11.3 Å². The Balaban J connectivity index is 1.43. The quantitative estimate of drug-likeness (QED) is 0.633. The van der Waals surface area contributed by atoms with E-state index < -0.39 is 0 Å². The topological polar surface area (TPSA) is 101 Å². The number of anilines is 1. The molecule has 1 saturated heterocycles. The van der Waals surface area contributed by atoms with Gasteiger partial charge in [-0.15, -0.1) is 11.3 Å². The van der Waals surface area contributed by atoms with E-state index in [0.29, 0.717) is 30.3 Å². The number of amides is 3. The Kier molecular flexibility index (Phi) is 8.21. The molecule has 1 aromatic carbocycles. The van der Waals surface area contributed by atoms with E-state index in [1.165, 1.54) is 11.3 Å². The van der Waals surface area contributed by atoms with Crippen LogP contribution in [0.5, 0.6) is 5.75 Å². The number of piperidine rings is 1. The van der Waals surface area contributed by atoms with Crippen LogP contribution in [0.2, 0.25) is 0 Å². The predicted octanol–water partition coefficient (Wildman–Crippen LogP) is 2.64. The molecule has 0 saturated carbocycles. The van der Waals surface area contributed by atoms with Gasteiger partial charge in [-0.1, -0.05) is 32.0 Å². The Bertz CT molecular complexity index is 951. The average molecular weight is 459 g/mol. The van der Waals surface area contributed by atoms with Gasteiger partial charge in [0.15, 0.2) is 5.13 Å². The fraction of sp³-hybridized carbons (Fsp3) is 0.478. The van der Waals surface area contributed by atoms with E-state index in [0.717, 1.165) is 24.2 Å². The minimum Gasteiger partial charge on any atom is -0.496 e. The van der Waals surface area contributed by atoms with Crippen LogP contribution in [0.3, 0.4) is 0 Å². The van der Waals surface area contributed by atoms with Crippen LogP contribution in [-0.2, 0) is 27.2 Å². The van der Waals surface area contributed by atoms with E-state index in [-0.39, 0.29) is 36.1 Å². The zero-order valence-corrected chi connectivity index (χ0v) is 19.5. The van der Waals surface area contributed by atoms with Gasteiger partial charge < -0.3 is 20.3 Å². The molecule has 9 heteroatoms. The predicted molar refractivity (Wildman–Crippen MR) is 124 cm³/mol. The van der Waals surface area contributed by atoms with Gasteiger partial charge in [0.1, 0.15) is 5.75 Å². The lowest BCUT2D eigenvalue weighted by Crippen LogP contribution is -2.47. The van der Waals surface area contributed by atoms with Crippen molar-refractivity contribution in [3.63, 3.8) is 0 Å². The molecule has 0 radical (unpaired) electrons. The van der Waals surface area contributed by atoms with Crippen molar-refractivity contribution < 1.29 is 19.1 Å². The highest BCUT2D eigenvalue weighted by atomic mass is 32.1. The maximum Gasteiger partial charge on any atom is 0.228 e. The molecule has 0 spiro atoms. The molecule has 1 aliphatic heterocycles. The first-order valence-corrected chi connectivity index (χ1v) is 11.7. The molecule has 1 fully saturated rings. The van der Waals surface area contributed by atoms with E-state index in [1.807, 2.05) is 43.0 Å². The Labute approximate surface area is 192 Å². The van der Waals surface area contributed by atoms with Gasteiger partial charge in [-0.05, 0) is 18.9 Å².